The summed E-state index contributed by atoms with van der Waals surface area (Å²) < 4.78 is 0. The van der Waals surface area contributed by atoms with Crippen LogP contribution in [0.25, 0.3) is 10.9 Å². The van der Waals surface area contributed by atoms with E-state index < -0.39 is 0 Å². The first kappa shape index (κ1) is 19.3. The van der Waals surface area contributed by atoms with Crippen LogP contribution in [0.1, 0.15) is 23.4 Å². The van der Waals surface area contributed by atoms with E-state index in [1.165, 1.54) is 11.1 Å². The zero-order valence-corrected chi connectivity index (χ0v) is 16.5. The van der Waals surface area contributed by atoms with E-state index in [9.17, 15) is 0 Å². The summed E-state index contributed by atoms with van der Waals surface area (Å²) in [4.78, 5) is 11.9. The third-order valence-electron chi connectivity index (χ3n) is 4.66. The number of aromatic nitrogens is 2. The molecule has 0 radical (unpaired) electrons. The van der Waals surface area contributed by atoms with Crippen molar-refractivity contribution in [2.45, 2.75) is 26.4 Å². The molecule has 1 aromatic heterocycles. The Morgan fingerprint density at radius 2 is 1.70 bits per heavy atom. The number of nitrogens with zero attached hydrogens (tertiary/aromatic N) is 3. The van der Waals surface area contributed by atoms with E-state index in [4.69, 9.17) is 9.97 Å². The molecule has 2 aromatic carbocycles. The molecule has 3 rings (SSSR count). The fourth-order valence-electron chi connectivity index (χ4n) is 3.18. The minimum absolute atomic E-state index is 0.713. The van der Waals surface area contributed by atoms with Gasteiger partial charge in [0.25, 0.3) is 0 Å². The Hall–Kier alpha value is -2.50. The Balaban J connectivity index is 1.76. The van der Waals surface area contributed by atoms with Gasteiger partial charge in [-0.3, -0.25) is 4.90 Å². The van der Waals surface area contributed by atoms with Crippen molar-refractivity contribution in [1.29, 1.82) is 0 Å². The Labute approximate surface area is 161 Å². The van der Waals surface area contributed by atoms with E-state index >= 15 is 0 Å². The number of nitrogens with one attached hydrogen (secondary N) is 2. The molecule has 0 amide bonds. The largest absolute Gasteiger partial charge is 0.369 e. The van der Waals surface area contributed by atoms with E-state index in [1.54, 1.807) is 0 Å². The molecule has 0 atom stereocenters. The summed E-state index contributed by atoms with van der Waals surface area (Å²) in [5.41, 5.74) is 3.64. The predicted molar refractivity (Wildman–Crippen MR) is 113 cm³/mol. The molecule has 0 fully saturated rings. The first-order valence-electron chi connectivity index (χ1n) is 9.54. The van der Waals surface area contributed by atoms with Crippen LogP contribution < -0.4 is 10.6 Å². The van der Waals surface area contributed by atoms with Crippen LogP contribution >= 0.6 is 0 Å². The zero-order valence-electron chi connectivity index (χ0n) is 16.5. The van der Waals surface area contributed by atoms with Gasteiger partial charge < -0.3 is 10.6 Å². The molecule has 0 aliphatic heterocycles. The van der Waals surface area contributed by atoms with Crippen LogP contribution in [0, 0.1) is 6.92 Å². The van der Waals surface area contributed by atoms with Crippen LogP contribution in [-0.4, -0.2) is 42.1 Å². The lowest BCUT2D eigenvalue weighted by Crippen LogP contribution is -2.20. The molecule has 0 bridgehead atoms. The predicted octanol–water partition coefficient (Wildman–Crippen LogP) is 3.59. The monoisotopic (exact) mass is 363 g/mol. The van der Waals surface area contributed by atoms with Crippen LogP contribution in [0.2, 0.25) is 0 Å². The first-order chi connectivity index (χ1) is 13.2. The molecule has 0 aliphatic carbocycles. The Kier molecular flexibility index (Phi) is 6.74. The van der Waals surface area contributed by atoms with Crippen LogP contribution in [0.3, 0.4) is 0 Å². The highest BCUT2D eigenvalue weighted by Gasteiger charge is 2.10. The Bertz CT molecular complexity index is 877. The fourth-order valence-corrected chi connectivity index (χ4v) is 3.18. The van der Waals surface area contributed by atoms with E-state index in [0.717, 1.165) is 48.6 Å². The van der Waals surface area contributed by atoms with E-state index in [-0.39, 0.29) is 0 Å². The van der Waals surface area contributed by atoms with Crippen molar-refractivity contribution in [3.05, 3.63) is 65.5 Å². The van der Waals surface area contributed by atoms with Gasteiger partial charge in [0, 0.05) is 18.5 Å². The number of fused-ring (bicyclic) bond motifs is 1. The normalized spacial score (nSPS) is 11.3. The van der Waals surface area contributed by atoms with Gasteiger partial charge >= 0.3 is 0 Å². The molecular formula is C22H29N5. The molecule has 0 aliphatic rings. The molecule has 27 heavy (non-hydrogen) atoms. The smallest absolute Gasteiger partial charge is 0.145 e. The molecule has 1 heterocycles. The molecule has 5 heteroatoms. The summed E-state index contributed by atoms with van der Waals surface area (Å²) in [5, 5.41) is 7.74. The van der Waals surface area contributed by atoms with Gasteiger partial charge in [0.15, 0.2) is 0 Å². The van der Waals surface area contributed by atoms with Gasteiger partial charge in [-0.2, -0.15) is 0 Å². The van der Waals surface area contributed by atoms with E-state index in [2.05, 4.69) is 65.9 Å². The lowest BCUT2D eigenvalue weighted by molar-refractivity contribution is 0.310. The summed E-state index contributed by atoms with van der Waals surface area (Å²) in [7, 11) is 4.09. The number of aryl methyl sites for hydroxylation is 1. The molecule has 142 valence electrons. The van der Waals surface area contributed by atoms with Gasteiger partial charge in [-0.05, 0) is 57.2 Å². The van der Waals surface area contributed by atoms with Crippen molar-refractivity contribution in [2.75, 3.05) is 32.5 Å². The quantitative estimate of drug-likeness (QED) is 0.569. The maximum Gasteiger partial charge on any atom is 0.145 e. The standard InChI is InChI=1S/C22H29N5/c1-17-9-4-5-10-18(17)15-27(3)16-21-25-20-12-7-6-11-19(20)22(26-21)24-14-8-13-23-2/h4-7,9-12,23H,8,13-16H2,1-3H3,(H,24,25,26). The molecule has 0 saturated heterocycles. The van der Waals surface area contributed by atoms with Gasteiger partial charge in [0.05, 0.1) is 12.1 Å². The second-order valence-corrected chi connectivity index (χ2v) is 6.99. The first-order valence-corrected chi connectivity index (χ1v) is 9.54. The molecular weight excluding hydrogens is 334 g/mol. The summed E-state index contributed by atoms with van der Waals surface area (Å²) in [6, 6.07) is 16.7. The van der Waals surface area contributed by atoms with E-state index in [0.29, 0.717) is 6.54 Å². The second-order valence-electron chi connectivity index (χ2n) is 6.99. The van der Waals surface area contributed by atoms with Crippen LogP contribution in [0.5, 0.6) is 0 Å². The molecule has 2 N–H and O–H groups in total. The van der Waals surface area contributed by atoms with Gasteiger partial charge in [0.2, 0.25) is 0 Å². The molecule has 3 aromatic rings. The van der Waals surface area contributed by atoms with Crippen molar-refractivity contribution in [3.8, 4) is 0 Å². The van der Waals surface area contributed by atoms with Gasteiger partial charge in [-0.1, -0.05) is 36.4 Å². The SMILES string of the molecule is CNCCCNc1nc(CN(C)Cc2ccccc2C)nc2ccccc12. The highest BCUT2D eigenvalue weighted by atomic mass is 15.1. The van der Waals surface area contributed by atoms with Crippen molar-refractivity contribution in [1.82, 2.24) is 20.2 Å². The highest BCUT2D eigenvalue weighted by Crippen LogP contribution is 2.21. The average molecular weight is 364 g/mol. The Morgan fingerprint density at radius 3 is 2.52 bits per heavy atom. The van der Waals surface area contributed by atoms with Crippen LogP contribution in [0.4, 0.5) is 5.82 Å². The van der Waals surface area contributed by atoms with Crippen LogP contribution in [-0.2, 0) is 13.1 Å². The minimum Gasteiger partial charge on any atom is -0.369 e. The zero-order chi connectivity index (χ0) is 19.1. The summed E-state index contributed by atoms with van der Waals surface area (Å²) in [6.45, 7) is 5.63. The molecule has 0 saturated carbocycles. The van der Waals surface area contributed by atoms with Gasteiger partial charge in [-0.15, -0.1) is 0 Å². The molecule has 5 nitrogen and oxygen atoms in total. The van der Waals surface area contributed by atoms with Crippen molar-refractivity contribution in [2.24, 2.45) is 0 Å². The molecule has 0 spiro atoms. The summed E-state index contributed by atoms with van der Waals surface area (Å²) >= 11 is 0. The minimum atomic E-state index is 0.713. The number of rotatable bonds is 9. The average Bonchev–Trinajstić information content (AvgIpc) is 2.67. The van der Waals surface area contributed by atoms with Crippen molar-refractivity contribution < 1.29 is 0 Å². The van der Waals surface area contributed by atoms with E-state index in [1.807, 2.05) is 19.2 Å². The van der Waals surface area contributed by atoms with Crippen LogP contribution in [0.15, 0.2) is 48.5 Å². The number of hydrogen-bond donors (Lipinski definition) is 2. The maximum absolute atomic E-state index is 4.82. The topological polar surface area (TPSA) is 53.1 Å². The van der Waals surface area contributed by atoms with Gasteiger partial charge in [-0.25, -0.2) is 9.97 Å². The number of hydrogen-bond acceptors (Lipinski definition) is 5. The van der Waals surface area contributed by atoms with Gasteiger partial charge in [0.1, 0.15) is 11.6 Å². The maximum atomic E-state index is 4.82. The second kappa shape index (κ2) is 9.44. The lowest BCUT2D eigenvalue weighted by Gasteiger charge is -2.18. The highest BCUT2D eigenvalue weighted by molar-refractivity contribution is 5.88. The Morgan fingerprint density at radius 1 is 0.926 bits per heavy atom. The number of benzene rings is 2. The van der Waals surface area contributed by atoms with Crippen molar-refractivity contribution in [3.63, 3.8) is 0 Å². The van der Waals surface area contributed by atoms with Crippen molar-refractivity contribution >= 4 is 16.7 Å². The number of anilines is 1. The summed E-state index contributed by atoms with van der Waals surface area (Å²) in [5.74, 6) is 1.77. The number of para-hydroxylation sites is 1. The molecule has 0 unspecified atom stereocenters. The lowest BCUT2D eigenvalue weighted by atomic mass is 10.1. The third-order valence-corrected chi connectivity index (χ3v) is 4.66. The third kappa shape index (κ3) is 5.25. The summed E-state index contributed by atoms with van der Waals surface area (Å²) in [6.07, 6.45) is 1.05. The fraction of sp³-hybridized carbons (Fsp3) is 0.364.